The summed E-state index contributed by atoms with van der Waals surface area (Å²) in [7, 11) is 2.24. The minimum atomic E-state index is 0.208. The van der Waals surface area contributed by atoms with Gasteiger partial charge < -0.3 is 5.73 Å². The third-order valence-electron chi connectivity index (χ3n) is 4.69. The van der Waals surface area contributed by atoms with Crippen molar-refractivity contribution >= 4 is 0 Å². The molecule has 0 spiro atoms. The molecule has 0 saturated heterocycles. The molecule has 1 aliphatic carbocycles. The summed E-state index contributed by atoms with van der Waals surface area (Å²) in [6, 6.07) is 0.575. The Morgan fingerprint density at radius 1 is 1.20 bits per heavy atom. The van der Waals surface area contributed by atoms with Gasteiger partial charge in [0.25, 0.3) is 0 Å². The Balaban J connectivity index is 2.99. The highest BCUT2D eigenvalue weighted by atomic mass is 15.2. The second kappa shape index (κ2) is 4.42. The summed E-state index contributed by atoms with van der Waals surface area (Å²) >= 11 is 0. The first kappa shape index (κ1) is 13.0. The number of nitrogens with two attached hydrogens (primary N) is 1. The lowest BCUT2D eigenvalue weighted by Crippen LogP contribution is -2.64. The molecular formula is C13H28N2. The van der Waals surface area contributed by atoms with Crippen LogP contribution in [-0.2, 0) is 0 Å². The van der Waals surface area contributed by atoms with E-state index >= 15 is 0 Å². The van der Waals surface area contributed by atoms with Crippen molar-refractivity contribution < 1.29 is 0 Å². The summed E-state index contributed by atoms with van der Waals surface area (Å²) in [5.41, 5.74) is 6.66. The van der Waals surface area contributed by atoms with Gasteiger partial charge in [0, 0.05) is 18.1 Å². The first-order valence-corrected chi connectivity index (χ1v) is 6.30. The van der Waals surface area contributed by atoms with E-state index in [9.17, 15) is 0 Å². The maximum absolute atomic E-state index is 6.11. The van der Waals surface area contributed by atoms with E-state index in [1.807, 2.05) is 0 Å². The Bertz CT molecular complexity index is 211. The Labute approximate surface area is 95.2 Å². The van der Waals surface area contributed by atoms with Crippen LogP contribution in [0.25, 0.3) is 0 Å². The summed E-state index contributed by atoms with van der Waals surface area (Å²) in [6.45, 7) is 10.1. The molecule has 1 aliphatic rings. The fourth-order valence-electron chi connectivity index (χ4n) is 3.23. The molecule has 1 atom stereocenters. The van der Waals surface area contributed by atoms with Crippen LogP contribution in [0, 0.1) is 5.41 Å². The summed E-state index contributed by atoms with van der Waals surface area (Å²) in [4.78, 5) is 2.51. The van der Waals surface area contributed by atoms with E-state index in [1.54, 1.807) is 0 Å². The molecule has 0 amide bonds. The third kappa shape index (κ3) is 2.07. The molecule has 0 aliphatic heterocycles. The molecule has 0 aromatic rings. The predicted octanol–water partition coefficient (Wildman–Crippen LogP) is 2.62. The average Bonchev–Trinajstić information content (AvgIpc) is 2.16. The first-order valence-electron chi connectivity index (χ1n) is 6.30. The van der Waals surface area contributed by atoms with Crippen LogP contribution in [0.4, 0.5) is 0 Å². The normalized spacial score (nSPS) is 31.2. The van der Waals surface area contributed by atoms with Gasteiger partial charge in [-0.2, -0.15) is 0 Å². The van der Waals surface area contributed by atoms with Crippen LogP contribution in [0.1, 0.15) is 53.4 Å². The highest BCUT2D eigenvalue weighted by Crippen LogP contribution is 2.47. The first-order chi connectivity index (χ1) is 6.87. The van der Waals surface area contributed by atoms with Gasteiger partial charge in [0.2, 0.25) is 0 Å². The lowest BCUT2D eigenvalue weighted by Gasteiger charge is -2.56. The lowest BCUT2D eigenvalue weighted by molar-refractivity contribution is -0.0446. The SMILES string of the molecule is CC(C)N(C)C1(CN)CCCCC1(C)C. The molecule has 1 unspecified atom stereocenters. The number of hydrogen-bond acceptors (Lipinski definition) is 2. The number of nitrogens with zero attached hydrogens (tertiary/aromatic N) is 1. The topological polar surface area (TPSA) is 29.3 Å². The van der Waals surface area contributed by atoms with Crippen LogP contribution in [0.15, 0.2) is 0 Å². The largest absolute Gasteiger partial charge is 0.329 e. The zero-order valence-electron chi connectivity index (χ0n) is 11.1. The Morgan fingerprint density at radius 2 is 1.73 bits per heavy atom. The van der Waals surface area contributed by atoms with E-state index < -0.39 is 0 Å². The van der Waals surface area contributed by atoms with E-state index in [0.29, 0.717) is 11.5 Å². The molecule has 0 aromatic carbocycles. The fraction of sp³-hybridized carbons (Fsp3) is 1.00. The van der Waals surface area contributed by atoms with Gasteiger partial charge in [-0.25, -0.2) is 0 Å². The van der Waals surface area contributed by atoms with Crippen molar-refractivity contribution in [2.75, 3.05) is 13.6 Å². The number of likely N-dealkylation sites (N-methyl/N-ethyl adjacent to an activating group) is 1. The fourth-order valence-corrected chi connectivity index (χ4v) is 3.23. The lowest BCUT2D eigenvalue weighted by atomic mass is 9.62. The number of hydrogen-bond donors (Lipinski definition) is 1. The van der Waals surface area contributed by atoms with Crippen LogP contribution < -0.4 is 5.73 Å². The van der Waals surface area contributed by atoms with Crippen LogP contribution >= 0.6 is 0 Å². The molecule has 90 valence electrons. The quantitative estimate of drug-likeness (QED) is 0.779. The maximum atomic E-state index is 6.11. The molecular weight excluding hydrogens is 184 g/mol. The third-order valence-corrected chi connectivity index (χ3v) is 4.69. The van der Waals surface area contributed by atoms with Gasteiger partial charge in [-0.3, -0.25) is 4.90 Å². The van der Waals surface area contributed by atoms with Crippen LogP contribution in [0.3, 0.4) is 0 Å². The van der Waals surface area contributed by atoms with Crippen molar-refractivity contribution in [1.29, 1.82) is 0 Å². The molecule has 0 heterocycles. The predicted molar refractivity (Wildman–Crippen MR) is 66.9 cm³/mol. The standard InChI is InChI=1S/C13H28N2/c1-11(2)15(5)13(10-14)9-7-6-8-12(13,3)4/h11H,6-10,14H2,1-5H3. The maximum Gasteiger partial charge on any atom is 0.0382 e. The van der Waals surface area contributed by atoms with Gasteiger partial charge in [0.05, 0.1) is 0 Å². The monoisotopic (exact) mass is 212 g/mol. The Morgan fingerprint density at radius 3 is 2.13 bits per heavy atom. The molecule has 1 fully saturated rings. The van der Waals surface area contributed by atoms with Crippen molar-refractivity contribution in [3.63, 3.8) is 0 Å². The van der Waals surface area contributed by atoms with E-state index in [-0.39, 0.29) is 5.54 Å². The minimum absolute atomic E-state index is 0.208. The molecule has 0 bridgehead atoms. The van der Waals surface area contributed by atoms with Crippen LogP contribution in [0.5, 0.6) is 0 Å². The Hall–Kier alpha value is -0.0800. The molecule has 1 saturated carbocycles. The highest BCUT2D eigenvalue weighted by Gasteiger charge is 2.48. The van der Waals surface area contributed by atoms with E-state index in [0.717, 1.165) is 6.54 Å². The van der Waals surface area contributed by atoms with Crippen LogP contribution in [0.2, 0.25) is 0 Å². The summed E-state index contributed by atoms with van der Waals surface area (Å²) < 4.78 is 0. The average molecular weight is 212 g/mol. The van der Waals surface area contributed by atoms with Crippen LogP contribution in [-0.4, -0.2) is 30.1 Å². The van der Waals surface area contributed by atoms with Crippen molar-refractivity contribution in [1.82, 2.24) is 4.90 Å². The van der Waals surface area contributed by atoms with Gasteiger partial charge >= 0.3 is 0 Å². The zero-order valence-corrected chi connectivity index (χ0v) is 11.1. The summed E-state index contributed by atoms with van der Waals surface area (Å²) in [6.07, 6.45) is 5.25. The van der Waals surface area contributed by atoms with Gasteiger partial charge in [0.15, 0.2) is 0 Å². The van der Waals surface area contributed by atoms with Crippen molar-refractivity contribution in [3.8, 4) is 0 Å². The Kier molecular flexibility index (Phi) is 3.83. The molecule has 2 heteroatoms. The smallest absolute Gasteiger partial charge is 0.0382 e. The molecule has 15 heavy (non-hydrogen) atoms. The molecule has 2 N–H and O–H groups in total. The zero-order chi connectivity index (χ0) is 11.7. The van der Waals surface area contributed by atoms with Gasteiger partial charge in [-0.1, -0.05) is 26.7 Å². The van der Waals surface area contributed by atoms with E-state index in [1.165, 1.54) is 25.7 Å². The van der Waals surface area contributed by atoms with E-state index in [4.69, 9.17) is 5.73 Å². The molecule has 1 rings (SSSR count). The molecule has 0 aromatic heterocycles. The summed E-state index contributed by atoms with van der Waals surface area (Å²) in [5, 5.41) is 0. The van der Waals surface area contributed by atoms with Crippen molar-refractivity contribution in [3.05, 3.63) is 0 Å². The van der Waals surface area contributed by atoms with Crippen molar-refractivity contribution in [2.24, 2.45) is 11.1 Å². The molecule has 0 radical (unpaired) electrons. The second-order valence-electron chi connectivity index (χ2n) is 6.03. The summed E-state index contributed by atoms with van der Waals surface area (Å²) in [5.74, 6) is 0. The minimum Gasteiger partial charge on any atom is -0.329 e. The van der Waals surface area contributed by atoms with E-state index in [2.05, 4.69) is 39.6 Å². The number of rotatable bonds is 3. The van der Waals surface area contributed by atoms with Gasteiger partial charge in [-0.15, -0.1) is 0 Å². The van der Waals surface area contributed by atoms with Gasteiger partial charge in [0.1, 0.15) is 0 Å². The van der Waals surface area contributed by atoms with Gasteiger partial charge in [-0.05, 0) is 39.2 Å². The second-order valence-corrected chi connectivity index (χ2v) is 6.03. The highest BCUT2D eigenvalue weighted by molar-refractivity contribution is 5.04. The molecule has 2 nitrogen and oxygen atoms in total. The van der Waals surface area contributed by atoms with Crippen molar-refractivity contribution in [2.45, 2.75) is 65.0 Å².